The van der Waals surface area contributed by atoms with E-state index in [1.807, 2.05) is 18.2 Å². The third-order valence-electron chi connectivity index (χ3n) is 3.38. The number of nitrogens with two attached hydrogens (primary N) is 1. The van der Waals surface area contributed by atoms with E-state index >= 15 is 0 Å². The molecule has 2 N–H and O–H groups in total. The molecule has 3 rings (SSSR count). The molecular weight excluding hydrogens is 281 g/mol. The van der Waals surface area contributed by atoms with E-state index in [9.17, 15) is 4.39 Å². The molecule has 0 amide bonds. The summed E-state index contributed by atoms with van der Waals surface area (Å²) < 4.78 is 13.4. The van der Waals surface area contributed by atoms with Crippen LogP contribution in [-0.4, -0.2) is 6.54 Å². The van der Waals surface area contributed by atoms with Crippen LogP contribution < -0.4 is 5.73 Å². The van der Waals surface area contributed by atoms with Gasteiger partial charge in [-0.1, -0.05) is 42.1 Å². The second-order valence-electron chi connectivity index (χ2n) is 4.90. The Bertz CT molecular complexity index is 770. The van der Waals surface area contributed by atoms with Crippen molar-refractivity contribution < 1.29 is 4.39 Å². The second-order valence-corrected chi connectivity index (χ2v) is 6.02. The molecule has 21 heavy (non-hydrogen) atoms. The molecular formula is C18H16FNS. The lowest BCUT2D eigenvalue weighted by Crippen LogP contribution is -2.04. The van der Waals surface area contributed by atoms with Crippen LogP contribution in [0.5, 0.6) is 0 Å². The number of fused-ring (bicyclic) bond motifs is 1. The third-order valence-corrected chi connectivity index (χ3v) is 4.49. The van der Waals surface area contributed by atoms with Gasteiger partial charge in [0, 0.05) is 9.79 Å². The molecule has 3 aromatic rings. The first-order chi connectivity index (χ1) is 10.3. The Balaban J connectivity index is 1.94. The largest absolute Gasteiger partial charge is 0.330 e. The molecule has 0 radical (unpaired) electrons. The lowest BCUT2D eigenvalue weighted by atomic mass is 10.1. The van der Waals surface area contributed by atoms with Crippen molar-refractivity contribution in [1.29, 1.82) is 0 Å². The van der Waals surface area contributed by atoms with E-state index in [0.29, 0.717) is 13.0 Å². The van der Waals surface area contributed by atoms with E-state index in [1.165, 1.54) is 16.8 Å². The van der Waals surface area contributed by atoms with Crippen LogP contribution in [0.15, 0.2) is 70.5 Å². The Kier molecular flexibility index (Phi) is 4.23. The van der Waals surface area contributed by atoms with E-state index < -0.39 is 0 Å². The van der Waals surface area contributed by atoms with E-state index in [0.717, 1.165) is 15.4 Å². The lowest BCUT2D eigenvalue weighted by Gasteiger charge is -2.09. The highest BCUT2D eigenvalue weighted by atomic mass is 32.2. The molecule has 3 heteroatoms. The van der Waals surface area contributed by atoms with Crippen molar-refractivity contribution in [3.63, 3.8) is 0 Å². The Morgan fingerprint density at radius 3 is 2.52 bits per heavy atom. The number of benzene rings is 3. The lowest BCUT2D eigenvalue weighted by molar-refractivity contribution is 0.623. The highest BCUT2D eigenvalue weighted by Crippen LogP contribution is 2.33. The zero-order valence-electron chi connectivity index (χ0n) is 11.6. The normalized spacial score (nSPS) is 11.0. The van der Waals surface area contributed by atoms with Crippen molar-refractivity contribution in [3.05, 3.63) is 72.0 Å². The van der Waals surface area contributed by atoms with Crippen LogP contribution >= 0.6 is 11.8 Å². The topological polar surface area (TPSA) is 26.0 Å². The fourth-order valence-corrected chi connectivity index (χ4v) is 3.36. The van der Waals surface area contributed by atoms with Gasteiger partial charge >= 0.3 is 0 Å². The first-order valence-electron chi connectivity index (χ1n) is 6.91. The minimum absolute atomic E-state index is 0.207. The van der Waals surface area contributed by atoms with Gasteiger partial charge in [0.1, 0.15) is 5.82 Å². The molecule has 0 aliphatic rings. The van der Waals surface area contributed by atoms with Crippen LogP contribution in [0.1, 0.15) is 5.56 Å². The molecule has 3 aromatic carbocycles. The molecule has 0 saturated carbocycles. The summed E-state index contributed by atoms with van der Waals surface area (Å²) in [5, 5.41) is 2.44. The van der Waals surface area contributed by atoms with Gasteiger partial charge in [0.2, 0.25) is 0 Å². The van der Waals surface area contributed by atoms with Crippen LogP contribution in [0.25, 0.3) is 10.8 Å². The molecule has 0 heterocycles. The summed E-state index contributed by atoms with van der Waals surface area (Å²) >= 11 is 1.66. The molecule has 0 spiro atoms. The van der Waals surface area contributed by atoms with E-state index in [4.69, 9.17) is 5.73 Å². The molecule has 1 nitrogen and oxygen atoms in total. The molecule has 0 atom stereocenters. The van der Waals surface area contributed by atoms with Crippen molar-refractivity contribution in [1.82, 2.24) is 0 Å². The molecule has 0 unspecified atom stereocenters. The van der Waals surface area contributed by atoms with Gasteiger partial charge in [-0.25, -0.2) is 4.39 Å². The maximum absolute atomic E-state index is 13.4. The molecule has 106 valence electrons. The minimum Gasteiger partial charge on any atom is -0.330 e. The van der Waals surface area contributed by atoms with E-state index in [1.54, 1.807) is 17.8 Å². The van der Waals surface area contributed by atoms with E-state index in [2.05, 4.69) is 30.3 Å². The summed E-state index contributed by atoms with van der Waals surface area (Å²) in [4.78, 5) is 2.22. The summed E-state index contributed by atoms with van der Waals surface area (Å²) in [6, 6.07) is 19.6. The number of hydrogen-bond acceptors (Lipinski definition) is 2. The van der Waals surface area contributed by atoms with Gasteiger partial charge in [-0.2, -0.15) is 0 Å². The Morgan fingerprint density at radius 2 is 1.71 bits per heavy atom. The minimum atomic E-state index is -0.207. The maximum atomic E-state index is 13.4. The molecule has 0 fully saturated rings. The smallest absolute Gasteiger partial charge is 0.123 e. The predicted molar refractivity (Wildman–Crippen MR) is 87.2 cm³/mol. The van der Waals surface area contributed by atoms with Crippen molar-refractivity contribution in [3.8, 4) is 0 Å². The van der Waals surface area contributed by atoms with Gasteiger partial charge in [-0.3, -0.25) is 0 Å². The van der Waals surface area contributed by atoms with Crippen molar-refractivity contribution in [2.24, 2.45) is 5.73 Å². The van der Waals surface area contributed by atoms with Crippen molar-refractivity contribution in [2.45, 2.75) is 16.2 Å². The highest BCUT2D eigenvalue weighted by Gasteiger charge is 2.06. The summed E-state index contributed by atoms with van der Waals surface area (Å²) in [7, 11) is 0. The number of rotatable bonds is 4. The summed E-state index contributed by atoms with van der Waals surface area (Å²) in [6.07, 6.45) is 0.688. The van der Waals surface area contributed by atoms with Gasteiger partial charge in [0.15, 0.2) is 0 Å². The number of hydrogen-bond donors (Lipinski definition) is 1. The monoisotopic (exact) mass is 297 g/mol. The van der Waals surface area contributed by atoms with Gasteiger partial charge in [-0.15, -0.1) is 0 Å². The Labute approximate surface area is 128 Å². The molecule has 0 saturated heterocycles. The first kappa shape index (κ1) is 14.1. The standard InChI is InChI=1S/C18H16FNS/c19-16-6-8-18(15(11-16)9-10-20)21-17-7-5-13-3-1-2-4-14(13)12-17/h1-8,11-12H,9-10,20H2. The Morgan fingerprint density at radius 1 is 0.905 bits per heavy atom. The highest BCUT2D eigenvalue weighted by molar-refractivity contribution is 7.99. The van der Waals surface area contributed by atoms with Crippen LogP contribution in [0.2, 0.25) is 0 Å². The number of halogens is 1. The average Bonchev–Trinajstić information content (AvgIpc) is 2.50. The molecule has 0 bridgehead atoms. The van der Waals surface area contributed by atoms with Crippen molar-refractivity contribution >= 4 is 22.5 Å². The zero-order chi connectivity index (χ0) is 14.7. The van der Waals surface area contributed by atoms with Crippen LogP contribution in [0.4, 0.5) is 4.39 Å². The van der Waals surface area contributed by atoms with E-state index in [-0.39, 0.29) is 5.82 Å². The van der Waals surface area contributed by atoms with Crippen LogP contribution in [-0.2, 0) is 6.42 Å². The van der Waals surface area contributed by atoms with Crippen molar-refractivity contribution in [2.75, 3.05) is 6.54 Å². The average molecular weight is 297 g/mol. The van der Waals surface area contributed by atoms with Crippen LogP contribution in [0, 0.1) is 5.82 Å². The molecule has 0 aliphatic carbocycles. The third kappa shape index (κ3) is 3.26. The van der Waals surface area contributed by atoms with Gasteiger partial charge in [-0.05, 0) is 59.6 Å². The van der Waals surface area contributed by atoms with Gasteiger partial charge in [0.25, 0.3) is 0 Å². The fourth-order valence-electron chi connectivity index (χ4n) is 2.36. The Hall–Kier alpha value is -1.84. The van der Waals surface area contributed by atoms with Gasteiger partial charge < -0.3 is 5.73 Å². The molecule has 0 aliphatic heterocycles. The summed E-state index contributed by atoms with van der Waals surface area (Å²) in [6.45, 7) is 0.523. The summed E-state index contributed by atoms with van der Waals surface area (Å²) in [5.74, 6) is -0.207. The SMILES string of the molecule is NCCc1cc(F)ccc1Sc1ccc2ccccc2c1. The fraction of sp³-hybridized carbons (Fsp3) is 0.111. The zero-order valence-corrected chi connectivity index (χ0v) is 12.4. The maximum Gasteiger partial charge on any atom is 0.123 e. The quantitative estimate of drug-likeness (QED) is 0.759. The summed E-state index contributed by atoms with van der Waals surface area (Å²) in [5.41, 5.74) is 6.58. The molecule has 0 aromatic heterocycles. The second kappa shape index (κ2) is 6.29. The van der Waals surface area contributed by atoms with Gasteiger partial charge in [0.05, 0.1) is 0 Å². The first-order valence-corrected chi connectivity index (χ1v) is 7.73. The predicted octanol–water partition coefficient (Wildman–Crippen LogP) is 4.63. The van der Waals surface area contributed by atoms with Crippen LogP contribution in [0.3, 0.4) is 0 Å².